The monoisotopic (exact) mass is 540 g/mol. The summed E-state index contributed by atoms with van der Waals surface area (Å²) in [6.07, 6.45) is 0.257. The van der Waals surface area contributed by atoms with Gasteiger partial charge in [0.2, 0.25) is 5.88 Å². The molecule has 0 aliphatic rings. The number of methoxy groups -OCH3 is 2. The molecule has 0 aliphatic heterocycles. The Labute approximate surface area is 231 Å². The zero-order valence-corrected chi connectivity index (χ0v) is 22.3. The number of hydrogen-bond acceptors (Lipinski definition) is 7. The Kier molecular flexibility index (Phi) is 8.02. The summed E-state index contributed by atoms with van der Waals surface area (Å²) >= 11 is 0. The molecule has 0 saturated carbocycles. The molecule has 0 spiro atoms. The van der Waals surface area contributed by atoms with Crippen molar-refractivity contribution in [3.05, 3.63) is 107 Å². The number of ether oxygens (including phenoxy) is 3. The first kappa shape index (κ1) is 26.8. The van der Waals surface area contributed by atoms with Crippen molar-refractivity contribution < 1.29 is 23.4 Å². The average molecular weight is 541 g/mol. The highest BCUT2D eigenvalue weighted by Crippen LogP contribution is 2.26. The van der Waals surface area contributed by atoms with Crippen LogP contribution in [0, 0.1) is 5.82 Å². The van der Waals surface area contributed by atoms with Crippen molar-refractivity contribution in [3.63, 3.8) is 0 Å². The summed E-state index contributed by atoms with van der Waals surface area (Å²) in [6, 6.07) is 23.1. The third-order valence-corrected chi connectivity index (χ3v) is 6.62. The minimum Gasteiger partial charge on any atom is -0.473 e. The van der Waals surface area contributed by atoms with Crippen molar-refractivity contribution in [3.8, 4) is 17.1 Å². The summed E-state index contributed by atoms with van der Waals surface area (Å²) in [7, 11) is 2.95. The quantitative estimate of drug-likeness (QED) is 0.186. The molecule has 2 N–H and O–H groups in total. The number of hydrogen-bond donors (Lipinski definition) is 1. The second kappa shape index (κ2) is 12.0. The SMILES string of the molecule is COCCn1c(Cc2ccc(-c3cccc(OCc4ccccc4N)n3)cc2F)nc2ccc(C(=O)OC)cc21. The maximum atomic E-state index is 15.4. The Morgan fingerprint density at radius 2 is 1.80 bits per heavy atom. The number of halogens is 1. The maximum absolute atomic E-state index is 15.4. The van der Waals surface area contributed by atoms with Crippen LogP contribution in [0.4, 0.5) is 10.1 Å². The lowest BCUT2D eigenvalue weighted by Gasteiger charge is -2.11. The van der Waals surface area contributed by atoms with Crippen LogP contribution in [-0.2, 0) is 29.0 Å². The summed E-state index contributed by atoms with van der Waals surface area (Å²) in [5, 5.41) is 0. The van der Waals surface area contributed by atoms with Gasteiger partial charge in [0.15, 0.2) is 0 Å². The zero-order chi connectivity index (χ0) is 28.1. The number of carbonyl (C=O) groups is 1. The highest BCUT2D eigenvalue weighted by molar-refractivity contribution is 5.93. The second-order valence-corrected chi connectivity index (χ2v) is 9.20. The van der Waals surface area contributed by atoms with Gasteiger partial charge in [-0.25, -0.2) is 19.2 Å². The molecule has 0 radical (unpaired) electrons. The van der Waals surface area contributed by atoms with Crippen LogP contribution in [0.3, 0.4) is 0 Å². The molecule has 5 aromatic rings. The number of pyridine rings is 1. The largest absolute Gasteiger partial charge is 0.473 e. The number of para-hydroxylation sites is 1. The number of esters is 1. The van der Waals surface area contributed by atoms with Gasteiger partial charge in [0.1, 0.15) is 18.2 Å². The third kappa shape index (κ3) is 5.79. The molecular weight excluding hydrogens is 511 g/mol. The standard InChI is InChI=1S/C31H29FN4O4/c1-38-15-14-36-28-17-22(31(37)39-2)12-13-27(28)34-29(36)18-20-10-11-21(16-24(20)32)26-8-5-9-30(35-26)40-19-23-6-3-4-7-25(23)33/h3-13,16-17H,14-15,18-19,33H2,1-2H3. The van der Waals surface area contributed by atoms with Gasteiger partial charge < -0.3 is 24.5 Å². The molecule has 3 aromatic carbocycles. The highest BCUT2D eigenvalue weighted by Gasteiger charge is 2.16. The number of fused-ring (bicyclic) bond motifs is 1. The van der Waals surface area contributed by atoms with Crippen molar-refractivity contribution >= 4 is 22.7 Å². The number of nitrogens with two attached hydrogens (primary N) is 1. The van der Waals surface area contributed by atoms with Crippen molar-refractivity contribution in [2.24, 2.45) is 0 Å². The van der Waals surface area contributed by atoms with Crippen LogP contribution in [0.5, 0.6) is 5.88 Å². The molecule has 0 fully saturated rings. The number of imidazole rings is 1. The van der Waals surface area contributed by atoms with E-state index in [1.165, 1.54) is 13.2 Å². The van der Waals surface area contributed by atoms with E-state index in [2.05, 4.69) is 4.98 Å². The first-order valence-corrected chi connectivity index (χ1v) is 12.7. The number of nitrogens with zero attached hydrogens (tertiary/aromatic N) is 3. The Bertz CT molecular complexity index is 1670. The lowest BCUT2D eigenvalue weighted by Crippen LogP contribution is -2.10. The second-order valence-electron chi connectivity index (χ2n) is 9.20. The minimum absolute atomic E-state index is 0.257. The van der Waals surface area contributed by atoms with E-state index in [0.717, 1.165) is 11.1 Å². The average Bonchev–Trinajstić information content (AvgIpc) is 3.32. The molecule has 0 amide bonds. The summed E-state index contributed by atoms with van der Waals surface area (Å²) in [5.74, 6) is 0.276. The van der Waals surface area contributed by atoms with E-state index in [-0.39, 0.29) is 18.8 Å². The van der Waals surface area contributed by atoms with Crippen molar-refractivity contribution in [1.82, 2.24) is 14.5 Å². The molecule has 0 bridgehead atoms. The topological polar surface area (TPSA) is 101 Å². The van der Waals surface area contributed by atoms with Gasteiger partial charge in [-0.15, -0.1) is 0 Å². The first-order chi connectivity index (χ1) is 19.5. The summed E-state index contributed by atoms with van der Waals surface area (Å²) in [5.41, 5.74) is 11.1. The molecule has 204 valence electrons. The molecular formula is C31H29FN4O4. The summed E-state index contributed by atoms with van der Waals surface area (Å²) in [6.45, 7) is 1.21. The normalized spacial score (nSPS) is 11.1. The predicted octanol–water partition coefficient (Wildman–Crippen LogP) is 5.42. The van der Waals surface area contributed by atoms with Gasteiger partial charge in [0.05, 0.1) is 36.0 Å². The Balaban J connectivity index is 1.38. The lowest BCUT2D eigenvalue weighted by atomic mass is 10.1. The van der Waals surface area contributed by atoms with E-state index in [1.807, 2.05) is 41.0 Å². The molecule has 0 atom stereocenters. The van der Waals surface area contributed by atoms with Crippen LogP contribution in [0.25, 0.3) is 22.3 Å². The molecule has 2 aromatic heterocycles. The van der Waals surface area contributed by atoms with Gasteiger partial charge in [-0.2, -0.15) is 0 Å². The van der Waals surface area contributed by atoms with Crippen LogP contribution in [0.1, 0.15) is 27.3 Å². The molecule has 5 rings (SSSR count). The van der Waals surface area contributed by atoms with Gasteiger partial charge in [-0.3, -0.25) is 0 Å². The van der Waals surface area contributed by atoms with E-state index < -0.39 is 5.97 Å². The van der Waals surface area contributed by atoms with Gasteiger partial charge >= 0.3 is 5.97 Å². The fourth-order valence-electron chi connectivity index (χ4n) is 4.48. The minimum atomic E-state index is -0.433. The Morgan fingerprint density at radius 3 is 2.58 bits per heavy atom. The summed E-state index contributed by atoms with van der Waals surface area (Å²) in [4.78, 5) is 21.3. The number of benzene rings is 3. The predicted molar refractivity (Wildman–Crippen MR) is 151 cm³/mol. The Hall–Kier alpha value is -4.76. The van der Waals surface area contributed by atoms with Gasteiger partial charge in [0, 0.05) is 43.0 Å². The van der Waals surface area contributed by atoms with Gasteiger partial charge in [-0.1, -0.05) is 36.4 Å². The molecule has 0 aliphatic carbocycles. The van der Waals surface area contributed by atoms with Crippen LogP contribution in [0.2, 0.25) is 0 Å². The van der Waals surface area contributed by atoms with Crippen LogP contribution in [0.15, 0.2) is 78.9 Å². The Morgan fingerprint density at radius 1 is 0.950 bits per heavy atom. The molecule has 2 heterocycles. The van der Waals surface area contributed by atoms with Gasteiger partial charge in [-0.05, 0) is 42.0 Å². The van der Waals surface area contributed by atoms with E-state index >= 15 is 4.39 Å². The van der Waals surface area contributed by atoms with Crippen molar-refractivity contribution in [2.75, 3.05) is 26.6 Å². The van der Waals surface area contributed by atoms with E-state index in [4.69, 9.17) is 24.9 Å². The number of anilines is 1. The van der Waals surface area contributed by atoms with E-state index in [1.54, 1.807) is 43.5 Å². The van der Waals surface area contributed by atoms with Crippen molar-refractivity contribution in [2.45, 2.75) is 19.6 Å². The fourth-order valence-corrected chi connectivity index (χ4v) is 4.48. The molecule has 9 heteroatoms. The lowest BCUT2D eigenvalue weighted by molar-refractivity contribution is 0.0601. The van der Waals surface area contributed by atoms with Crippen molar-refractivity contribution in [1.29, 1.82) is 0 Å². The van der Waals surface area contributed by atoms with Crippen LogP contribution in [-0.4, -0.2) is 41.3 Å². The highest BCUT2D eigenvalue weighted by atomic mass is 19.1. The fraction of sp³-hybridized carbons (Fsp3) is 0.194. The molecule has 0 saturated heterocycles. The zero-order valence-electron chi connectivity index (χ0n) is 22.3. The molecule has 40 heavy (non-hydrogen) atoms. The number of rotatable bonds is 10. The molecule has 8 nitrogen and oxygen atoms in total. The smallest absolute Gasteiger partial charge is 0.337 e. The summed E-state index contributed by atoms with van der Waals surface area (Å²) < 4.78 is 33.3. The van der Waals surface area contributed by atoms with Gasteiger partial charge in [0.25, 0.3) is 0 Å². The van der Waals surface area contributed by atoms with Crippen LogP contribution < -0.4 is 10.5 Å². The van der Waals surface area contributed by atoms with E-state index in [9.17, 15) is 4.79 Å². The number of aromatic nitrogens is 3. The van der Waals surface area contributed by atoms with E-state index in [0.29, 0.717) is 58.4 Å². The third-order valence-electron chi connectivity index (χ3n) is 6.62. The number of carbonyl (C=O) groups excluding carboxylic acids is 1. The molecule has 0 unspecified atom stereocenters. The maximum Gasteiger partial charge on any atom is 0.337 e. The first-order valence-electron chi connectivity index (χ1n) is 12.7. The van der Waals surface area contributed by atoms with Crippen LogP contribution >= 0.6 is 0 Å². The number of nitrogen functional groups attached to an aromatic ring is 1.